The van der Waals surface area contributed by atoms with Crippen molar-refractivity contribution in [2.24, 2.45) is 5.73 Å². The van der Waals surface area contributed by atoms with Gasteiger partial charge in [-0.05, 0) is 20.5 Å². The number of rotatable bonds is 7. The van der Waals surface area contributed by atoms with Crippen LogP contribution in [0.3, 0.4) is 0 Å². The number of nitrogens with zero attached hydrogens (tertiary/aromatic N) is 1. The van der Waals surface area contributed by atoms with Crippen LogP contribution in [-0.4, -0.2) is 44.0 Å². The number of carbonyl (C=O) groups is 1. The Morgan fingerprint density at radius 1 is 1.50 bits per heavy atom. The second-order valence-electron chi connectivity index (χ2n) is 3.84. The highest BCUT2D eigenvalue weighted by Gasteiger charge is 2.11. The molecule has 0 saturated heterocycles. The van der Waals surface area contributed by atoms with Gasteiger partial charge < -0.3 is 16.0 Å². The van der Waals surface area contributed by atoms with Gasteiger partial charge in [0.15, 0.2) is 0 Å². The molecule has 0 aromatic rings. The Labute approximate surface area is 86.8 Å². The average Bonchev–Trinajstić information content (AvgIpc) is 2.13. The molecule has 0 aromatic heterocycles. The van der Waals surface area contributed by atoms with E-state index in [1.807, 2.05) is 19.0 Å². The summed E-state index contributed by atoms with van der Waals surface area (Å²) < 4.78 is 0. The number of likely N-dealkylation sites (N-methyl/N-ethyl adjacent to an activating group) is 1. The van der Waals surface area contributed by atoms with Crippen molar-refractivity contribution in [1.29, 1.82) is 0 Å². The summed E-state index contributed by atoms with van der Waals surface area (Å²) in [6, 6.07) is -0.336. The molecular formula is C10H23N3O. The van der Waals surface area contributed by atoms with Gasteiger partial charge in [-0.15, -0.1) is 0 Å². The van der Waals surface area contributed by atoms with Gasteiger partial charge in [0, 0.05) is 13.1 Å². The number of hydrogen-bond donors (Lipinski definition) is 2. The number of carbonyl (C=O) groups excluding carboxylic acids is 1. The lowest BCUT2D eigenvalue weighted by Gasteiger charge is -2.13. The molecule has 1 atom stereocenters. The van der Waals surface area contributed by atoms with Crippen LogP contribution >= 0.6 is 0 Å². The molecule has 4 heteroatoms. The van der Waals surface area contributed by atoms with Crippen molar-refractivity contribution < 1.29 is 4.79 Å². The van der Waals surface area contributed by atoms with Gasteiger partial charge in [0.05, 0.1) is 6.04 Å². The van der Waals surface area contributed by atoms with E-state index in [9.17, 15) is 4.79 Å². The highest BCUT2D eigenvalue weighted by molar-refractivity contribution is 5.81. The summed E-state index contributed by atoms with van der Waals surface area (Å²) in [5, 5.41) is 2.82. The summed E-state index contributed by atoms with van der Waals surface area (Å²) in [4.78, 5) is 13.4. The summed E-state index contributed by atoms with van der Waals surface area (Å²) in [5.41, 5.74) is 5.69. The van der Waals surface area contributed by atoms with E-state index in [2.05, 4.69) is 12.2 Å². The van der Waals surface area contributed by atoms with E-state index in [1.54, 1.807) is 0 Å². The SMILES string of the molecule is CCCCC(N)C(=O)NCCN(C)C. The van der Waals surface area contributed by atoms with Crippen molar-refractivity contribution in [1.82, 2.24) is 10.2 Å². The van der Waals surface area contributed by atoms with Crippen molar-refractivity contribution in [2.45, 2.75) is 32.2 Å². The third-order valence-electron chi connectivity index (χ3n) is 2.06. The molecule has 0 aliphatic rings. The highest BCUT2D eigenvalue weighted by atomic mass is 16.2. The maximum absolute atomic E-state index is 11.4. The van der Waals surface area contributed by atoms with Crippen molar-refractivity contribution in [3.63, 3.8) is 0 Å². The predicted molar refractivity (Wildman–Crippen MR) is 59.1 cm³/mol. The van der Waals surface area contributed by atoms with Crippen LogP contribution in [0, 0.1) is 0 Å². The lowest BCUT2D eigenvalue weighted by molar-refractivity contribution is -0.122. The molecule has 1 amide bonds. The molecule has 0 aromatic carbocycles. The number of amides is 1. The molecule has 0 saturated carbocycles. The molecule has 0 heterocycles. The summed E-state index contributed by atoms with van der Waals surface area (Å²) in [6.07, 6.45) is 2.88. The molecule has 0 bridgehead atoms. The van der Waals surface area contributed by atoms with E-state index >= 15 is 0 Å². The van der Waals surface area contributed by atoms with E-state index in [-0.39, 0.29) is 11.9 Å². The van der Waals surface area contributed by atoms with Gasteiger partial charge in [-0.2, -0.15) is 0 Å². The molecule has 0 radical (unpaired) electrons. The standard InChI is InChI=1S/C10H23N3O/c1-4-5-6-9(11)10(14)12-7-8-13(2)3/h9H,4-8,11H2,1-3H3,(H,12,14). The molecular weight excluding hydrogens is 178 g/mol. The Balaban J connectivity index is 3.52. The quantitative estimate of drug-likeness (QED) is 0.618. The van der Waals surface area contributed by atoms with Crippen LogP contribution in [0.1, 0.15) is 26.2 Å². The van der Waals surface area contributed by atoms with Gasteiger partial charge in [0.2, 0.25) is 5.91 Å². The van der Waals surface area contributed by atoms with E-state index in [1.165, 1.54) is 0 Å². The van der Waals surface area contributed by atoms with Gasteiger partial charge in [-0.3, -0.25) is 4.79 Å². The lowest BCUT2D eigenvalue weighted by atomic mass is 10.1. The maximum atomic E-state index is 11.4. The van der Waals surface area contributed by atoms with Crippen molar-refractivity contribution in [3.05, 3.63) is 0 Å². The Morgan fingerprint density at radius 3 is 2.64 bits per heavy atom. The highest BCUT2D eigenvalue weighted by Crippen LogP contribution is 1.97. The van der Waals surface area contributed by atoms with Crippen LogP contribution in [0.2, 0.25) is 0 Å². The first-order chi connectivity index (χ1) is 6.57. The molecule has 1 unspecified atom stereocenters. The number of hydrogen-bond acceptors (Lipinski definition) is 3. The summed E-state index contributed by atoms with van der Waals surface area (Å²) in [7, 11) is 3.95. The van der Waals surface area contributed by atoms with Crippen molar-refractivity contribution in [3.8, 4) is 0 Å². The van der Waals surface area contributed by atoms with Crippen LogP contribution < -0.4 is 11.1 Å². The predicted octanol–water partition coefficient (Wildman–Crippen LogP) is 0.182. The number of nitrogens with one attached hydrogen (secondary N) is 1. The first-order valence-electron chi connectivity index (χ1n) is 5.26. The molecule has 4 nitrogen and oxygen atoms in total. The van der Waals surface area contributed by atoms with Gasteiger partial charge in [0.25, 0.3) is 0 Å². The Bertz CT molecular complexity index is 159. The summed E-state index contributed by atoms with van der Waals surface area (Å²) in [6.45, 7) is 3.62. The average molecular weight is 201 g/mol. The van der Waals surface area contributed by atoms with E-state index in [4.69, 9.17) is 5.73 Å². The molecule has 14 heavy (non-hydrogen) atoms. The molecule has 0 aliphatic heterocycles. The molecule has 0 aliphatic carbocycles. The maximum Gasteiger partial charge on any atom is 0.236 e. The van der Waals surface area contributed by atoms with E-state index in [0.29, 0.717) is 6.54 Å². The third-order valence-corrected chi connectivity index (χ3v) is 2.06. The molecule has 0 spiro atoms. The van der Waals surface area contributed by atoms with Gasteiger partial charge in [-0.25, -0.2) is 0 Å². The van der Waals surface area contributed by atoms with Crippen molar-refractivity contribution in [2.75, 3.05) is 27.2 Å². The van der Waals surface area contributed by atoms with Gasteiger partial charge in [0.1, 0.15) is 0 Å². The molecule has 84 valence electrons. The smallest absolute Gasteiger partial charge is 0.236 e. The normalized spacial score (nSPS) is 12.9. The lowest BCUT2D eigenvalue weighted by Crippen LogP contribution is -2.42. The second-order valence-corrected chi connectivity index (χ2v) is 3.84. The first kappa shape index (κ1) is 13.4. The van der Waals surface area contributed by atoms with Crippen LogP contribution in [0.15, 0.2) is 0 Å². The Morgan fingerprint density at radius 2 is 2.14 bits per heavy atom. The number of nitrogens with two attached hydrogens (primary N) is 1. The minimum absolute atomic E-state index is 0.0275. The zero-order valence-corrected chi connectivity index (χ0v) is 9.55. The fraction of sp³-hybridized carbons (Fsp3) is 0.900. The zero-order valence-electron chi connectivity index (χ0n) is 9.55. The third kappa shape index (κ3) is 6.86. The molecule has 3 N–H and O–H groups in total. The minimum atomic E-state index is -0.336. The Hall–Kier alpha value is -0.610. The summed E-state index contributed by atoms with van der Waals surface area (Å²) in [5.74, 6) is -0.0275. The Kier molecular flexibility index (Phi) is 7.42. The zero-order chi connectivity index (χ0) is 11.0. The fourth-order valence-electron chi connectivity index (χ4n) is 1.09. The van der Waals surface area contributed by atoms with Crippen molar-refractivity contribution >= 4 is 5.91 Å². The van der Waals surface area contributed by atoms with Crippen LogP contribution in [0.4, 0.5) is 0 Å². The first-order valence-corrected chi connectivity index (χ1v) is 5.26. The molecule has 0 rings (SSSR count). The number of unbranched alkanes of at least 4 members (excludes halogenated alkanes) is 1. The van der Waals surface area contributed by atoms with E-state index < -0.39 is 0 Å². The topological polar surface area (TPSA) is 58.4 Å². The largest absolute Gasteiger partial charge is 0.353 e. The second kappa shape index (κ2) is 7.76. The molecule has 0 fully saturated rings. The van der Waals surface area contributed by atoms with Gasteiger partial charge in [-0.1, -0.05) is 19.8 Å². The van der Waals surface area contributed by atoms with Crippen LogP contribution in [0.25, 0.3) is 0 Å². The minimum Gasteiger partial charge on any atom is -0.353 e. The van der Waals surface area contributed by atoms with Gasteiger partial charge >= 0.3 is 0 Å². The van der Waals surface area contributed by atoms with E-state index in [0.717, 1.165) is 25.8 Å². The monoisotopic (exact) mass is 201 g/mol. The fourth-order valence-corrected chi connectivity index (χ4v) is 1.09. The summed E-state index contributed by atoms with van der Waals surface area (Å²) >= 11 is 0. The van der Waals surface area contributed by atoms with Crippen LogP contribution in [0.5, 0.6) is 0 Å². The van der Waals surface area contributed by atoms with Crippen LogP contribution in [-0.2, 0) is 4.79 Å².